The number of rotatable bonds is 2. The highest BCUT2D eigenvalue weighted by Crippen LogP contribution is 2.15. The summed E-state index contributed by atoms with van der Waals surface area (Å²) in [5.41, 5.74) is 0.962. The SMILES string of the molecule is COC(=O)C=Cc1ccc2cnccc2c1. The summed E-state index contributed by atoms with van der Waals surface area (Å²) in [6.07, 6.45) is 6.69. The Labute approximate surface area is 93.4 Å². The third kappa shape index (κ3) is 2.25. The minimum atomic E-state index is -0.352. The number of ether oxygens (including phenoxy) is 1. The van der Waals surface area contributed by atoms with E-state index in [4.69, 9.17) is 0 Å². The third-order valence-corrected chi connectivity index (χ3v) is 2.28. The molecule has 1 heterocycles. The highest BCUT2D eigenvalue weighted by molar-refractivity contribution is 5.89. The van der Waals surface area contributed by atoms with E-state index in [0.717, 1.165) is 16.3 Å². The monoisotopic (exact) mass is 213 g/mol. The molecule has 0 N–H and O–H groups in total. The quantitative estimate of drug-likeness (QED) is 0.568. The average Bonchev–Trinajstić information content (AvgIpc) is 2.35. The Kier molecular flexibility index (Phi) is 2.96. The van der Waals surface area contributed by atoms with Gasteiger partial charge in [-0.1, -0.05) is 12.1 Å². The molecule has 1 aromatic carbocycles. The number of nitrogens with zero attached hydrogens (tertiary/aromatic N) is 1. The molecule has 0 unspecified atom stereocenters. The summed E-state index contributed by atoms with van der Waals surface area (Å²) in [4.78, 5) is 15.0. The predicted molar refractivity (Wildman–Crippen MR) is 62.8 cm³/mol. The molecule has 2 aromatic rings. The first-order valence-electron chi connectivity index (χ1n) is 4.89. The smallest absolute Gasteiger partial charge is 0.330 e. The van der Waals surface area contributed by atoms with Crippen molar-refractivity contribution in [2.45, 2.75) is 0 Å². The second-order valence-corrected chi connectivity index (χ2v) is 3.34. The normalized spacial score (nSPS) is 10.8. The standard InChI is InChI=1S/C13H11NO2/c1-16-13(15)5-3-10-2-4-12-9-14-7-6-11(12)8-10/h2-9H,1H3. The second kappa shape index (κ2) is 4.57. The van der Waals surface area contributed by atoms with E-state index in [1.165, 1.54) is 13.2 Å². The van der Waals surface area contributed by atoms with Gasteiger partial charge in [-0.15, -0.1) is 0 Å². The summed E-state index contributed by atoms with van der Waals surface area (Å²) in [5, 5.41) is 2.18. The molecule has 0 spiro atoms. The van der Waals surface area contributed by atoms with Crippen LogP contribution in [0.1, 0.15) is 5.56 Å². The second-order valence-electron chi connectivity index (χ2n) is 3.34. The van der Waals surface area contributed by atoms with E-state index in [2.05, 4.69) is 9.72 Å². The largest absolute Gasteiger partial charge is 0.466 e. The lowest BCUT2D eigenvalue weighted by Gasteiger charge is -1.98. The number of esters is 1. The van der Waals surface area contributed by atoms with Crippen LogP contribution in [0.3, 0.4) is 0 Å². The minimum Gasteiger partial charge on any atom is -0.466 e. The van der Waals surface area contributed by atoms with Crippen LogP contribution in [0.15, 0.2) is 42.7 Å². The van der Waals surface area contributed by atoms with Crippen LogP contribution < -0.4 is 0 Å². The van der Waals surface area contributed by atoms with Crippen molar-refractivity contribution >= 4 is 22.8 Å². The molecule has 1 aromatic heterocycles. The van der Waals surface area contributed by atoms with Gasteiger partial charge < -0.3 is 4.74 Å². The molecule has 2 rings (SSSR count). The van der Waals surface area contributed by atoms with Crippen molar-refractivity contribution in [1.82, 2.24) is 4.98 Å². The van der Waals surface area contributed by atoms with Crippen molar-refractivity contribution in [3.8, 4) is 0 Å². The number of fused-ring (bicyclic) bond motifs is 1. The van der Waals surface area contributed by atoms with Gasteiger partial charge in [-0.05, 0) is 29.2 Å². The topological polar surface area (TPSA) is 39.2 Å². The molecule has 0 aliphatic rings. The Morgan fingerprint density at radius 2 is 2.19 bits per heavy atom. The van der Waals surface area contributed by atoms with E-state index in [1.807, 2.05) is 30.5 Å². The Morgan fingerprint density at radius 3 is 3.00 bits per heavy atom. The molecule has 0 saturated carbocycles. The van der Waals surface area contributed by atoms with Gasteiger partial charge in [0.05, 0.1) is 7.11 Å². The van der Waals surface area contributed by atoms with Gasteiger partial charge in [0.2, 0.25) is 0 Å². The molecule has 16 heavy (non-hydrogen) atoms. The van der Waals surface area contributed by atoms with E-state index < -0.39 is 0 Å². The van der Waals surface area contributed by atoms with Crippen molar-refractivity contribution in [1.29, 1.82) is 0 Å². The average molecular weight is 213 g/mol. The van der Waals surface area contributed by atoms with E-state index in [9.17, 15) is 4.79 Å². The molecule has 0 amide bonds. The van der Waals surface area contributed by atoms with Gasteiger partial charge in [-0.2, -0.15) is 0 Å². The van der Waals surface area contributed by atoms with E-state index in [1.54, 1.807) is 12.3 Å². The number of hydrogen-bond donors (Lipinski definition) is 0. The first-order chi connectivity index (χ1) is 7.79. The van der Waals surface area contributed by atoms with E-state index in [-0.39, 0.29) is 5.97 Å². The maximum absolute atomic E-state index is 10.9. The molecule has 3 nitrogen and oxygen atoms in total. The van der Waals surface area contributed by atoms with E-state index in [0.29, 0.717) is 0 Å². The van der Waals surface area contributed by atoms with Gasteiger partial charge in [0.1, 0.15) is 0 Å². The fraction of sp³-hybridized carbons (Fsp3) is 0.0769. The number of aromatic nitrogens is 1. The van der Waals surface area contributed by atoms with Crippen LogP contribution >= 0.6 is 0 Å². The Bertz CT molecular complexity index is 546. The molecular formula is C13H11NO2. The fourth-order valence-corrected chi connectivity index (χ4v) is 1.44. The van der Waals surface area contributed by atoms with Crippen molar-refractivity contribution in [3.05, 3.63) is 48.3 Å². The summed E-state index contributed by atoms with van der Waals surface area (Å²) in [6.45, 7) is 0. The van der Waals surface area contributed by atoms with Crippen molar-refractivity contribution in [2.75, 3.05) is 7.11 Å². The zero-order chi connectivity index (χ0) is 11.4. The third-order valence-electron chi connectivity index (χ3n) is 2.28. The highest BCUT2D eigenvalue weighted by atomic mass is 16.5. The number of benzene rings is 1. The fourth-order valence-electron chi connectivity index (χ4n) is 1.44. The van der Waals surface area contributed by atoms with Gasteiger partial charge in [0, 0.05) is 23.9 Å². The van der Waals surface area contributed by atoms with Crippen molar-refractivity contribution in [3.63, 3.8) is 0 Å². The molecule has 0 aliphatic heterocycles. The van der Waals surface area contributed by atoms with Gasteiger partial charge in [-0.25, -0.2) is 4.79 Å². The maximum Gasteiger partial charge on any atom is 0.330 e. The van der Waals surface area contributed by atoms with Gasteiger partial charge in [0.25, 0.3) is 0 Å². The summed E-state index contributed by atoms with van der Waals surface area (Å²) < 4.78 is 4.52. The van der Waals surface area contributed by atoms with E-state index >= 15 is 0 Å². The molecular weight excluding hydrogens is 202 g/mol. The number of hydrogen-bond acceptors (Lipinski definition) is 3. The number of carbonyl (C=O) groups excluding carboxylic acids is 1. The van der Waals surface area contributed by atoms with Crippen molar-refractivity contribution in [2.24, 2.45) is 0 Å². The molecule has 3 heteroatoms. The predicted octanol–water partition coefficient (Wildman–Crippen LogP) is 2.42. The van der Waals surface area contributed by atoms with Crippen LogP contribution in [0, 0.1) is 0 Å². The Morgan fingerprint density at radius 1 is 1.31 bits per heavy atom. The van der Waals surface area contributed by atoms with Gasteiger partial charge in [0.15, 0.2) is 0 Å². The van der Waals surface area contributed by atoms with Crippen LogP contribution in [0.4, 0.5) is 0 Å². The van der Waals surface area contributed by atoms with Crippen molar-refractivity contribution < 1.29 is 9.53 Å². The molecule has 0 saturated heterocycles. The first-order valence-corrected chi connectivity index (χ1v) is 4.89. The van der Waals surface area contributed by atoms with Crippen LogP contribution in [0.25, 0.3) is 16.8 Å². The van der Waals surface area contributed by atoms with Crippen LogP contribution in [-0.2, 0) is 9.53 Å². The Hall–Kier alpha value is -2.16. The number of pyridine rings is 1. The minimum absolute atomic E-state index is 0.352. The van der Waals surface area contributed by atoms with Crippen LogP contribution in [0.5, 0.6) is 0 Å². The molecule has 0 fully saturated rings. The number of methoxy groups -OCH3 is 1. The molecule has 0 atom stereocenters. The molecule has 80 valence electrons. The number of carbonyl (C=O) groups is 1. The summed E-state index contributed by atoms with van der Waals surface area (Å²) in [7, 11) is 1.36. The highest BCUT2D eigenvalue weighted by Gasteiger charge is 1.95. The van der Waals surface area contributed by atoms with Gasteiger partial charge in [-0.3, -0.25) is 4.98 Å². The van der Waals surface area contributed by atoms with Crippen LogP contribution in [0.2, 0.25) is 0 Å². The van der Waals surface area contributed by atoms with Crippen LogP contribution in [-0.4, -0.2) is 18.1 Å². The van der Waals surface area contributed by atoms with Gasteiger partial charge >= 0.3 is 5.97 Å². The zero-order valence-electron chi connectivity index (χ0n) is 8.88. The maximum atomic E-state index is 10.9. The summed E-state index contributed by atoms with van der Waals surface area (Å²) >= 11 is 0. The summed E-state index contributed by atoms with van der Waals surface area (Å²) in [6, 6.07) is 7.84. The Balaban J connectivity index is 2.33. The lowest BCUT2D eigenvalue weighted by atomic mass is 10.1. The molecule has 0 bridgehead atoms. The molecule has 0 aliphatic carbocycles. The first kappa shape index (κ1) is 10.4. The lowest BCUT2D eigenvalue weighted by molar-refractivity contribution is -0.134. The molecule has 0 radical (unpaired) electrons. The summed E-state index contributed by atoms with van der Waals surface area (Å²) in [5.74, 6) is -0.352. The lowest BCUT2D eigenvalue weighted by Crippen LogP contribution is -1.93. The zero-order valence-corrected chi connectivity index (χ0v) is 8.88.